The molecule has 1 rings (SSSR count). The molecule has 0 aliphatic heterocycles. The quantitative estimate of drug-likeness (QED) is 0.660. The number of ether oxygens (including phenoxy) is 1. The van der Waals surface area contributed by atoms with Gasteiger partial charge in [-0.25, -0.2) is 4.98 Å². The second-order valence-electron chi connectivity index (χ2n) is 2.75. The van der Waals surface area contributed by atoms with E-state index in [9.17, 15) is 0 Å². The second-order valence-corrected chi connectivity index (χ2v) is 2.75. The van der Waals surface area contributed by atoms with Crippen LogP contribution < -0.4 is 4.74 Å². The van der Waals surface area contributed by atoms with E-state index in [0.29, 0.717) is 12.5 Å². The fourth-order valence-electron chi connectivity index (χ4n) is 0.725. The average Bonchev–Trinajstić information content (AvgIpc) is 2.05. The molecule has 0 aromatic carbocycles. The first-order chi connectivity index (χ1) is 5.79. The minimum Gasteiger partial charge on any atom is -0.476 e. The largest absolute Gasteiger partial charge is 0.476 e. The molecular formula is C9H13N2O. The molecule has 1 heterocycles. The SMILES string of the molecule is CN(C)CCOc1cc[c]cn1. The molecule has 0 unspecified atom stereocenters. The van der Waals surface area contributed by atoms with Crippen molar-refractivity contribution < 1.29 is 4.74 Å². The molecule has 0 atom stereocenters. The van der Waals surface area contributed by atoms with Gasteiger partial charge in [-0.2, -0.15) is 0 Å². The van der Waals surface area contributed by atoms with Crippen LogP contribution in [-0.2, 0) is 0 Å². The molecule has 0 aliphatic rings. The van der Waals surface area contributed by atoms with Crippen molar-refractivity contribution in [3.8, 4) is 5.88 Å². The lowest BCUT2D eigenvalue weighted by Gasteiger charge is -2.09. The lowest BCUT2D eigenvalue weighted by Crippen LogP contribution is -2.19. The summed E-state index contributed by atoms with van der Waals surface area (Å²) in [6, 6.07) is 6.42. The van der Waals surface area contributed by atoms with Gasteiger partial charge in [-0.15, -0.1) is 0 Å². The van der Waals surface area contributed by atoms with Gasteiger partial charge in [0.1, 0.15) is 6.61 Å². The van der Waals surface area contributed by atoms with Crippen LogP contribution in [0.1, 0.15) is 0 Å². The van der Waals surface area contributed by atoms with Crippen LogP contribution >= 0.6 is 0 Å². The van der Waals surface area contributed by atoms with Crippen LogP contribution in [0.4, 0.5) is 0 Å². The Bertz CT molecular complexity index is 211. The van der Waals surface area contributed by atoms with Crippen LogP contribution in [0.15, 0.2) is 18.3 Å². The van der Waals surface area contributed by atoms with Crippen LogP contribution in [0.5, 0.6) is 5.88 Å². The average molecular weight is 165 g/mol. The zero-order valence-corrected chi connectivity index (χ0v) is 7.45. The summed E-state index contributed by atoms with van der Waals surface area (Å²) in [4.78, 5) is 6.04. The Morgan fingerprint density at radius 2 is 2.42 bits per heavy atom. The van der Waals surface area contributed by atoms with E-state index in [1.807, 2.05) is 14.1 Å². The number of aromatic nitrogens is 1. The third-order valence-corrected chi connectivity index (χ3v) is 1.38. The first-order valence-electron chi connectivity index (χ1n) is 3.88. The highest BCUT2D eigenvalue weighted by Crippen LogP contribution is 2.01. The van der Waals surface area contributed by atoms with Crippen LogP contribution in [0.2, 0.25) is 0 Å². The molecule has 0 bridgehead atoms. The van der Waals surface area contributed by atoms with Gasteiger partial charge in [0.05, 0.1) is 0 Å². The number of pyridine rings is 1. The van der Waals surface area contributed by atoms with E-state index < -0.39 is 0 Å². The second kappa shape index (κ2) is 4.72. The van der Waals surface area contributed by atoms with Crippen LogP contribution in [0.25, 0.3) is 0 Å². The van der Waals surface area contributed by atoms with Crippen molar-refractivity contribution in [1.82, 2.24) is 9.88 Å². The minimum atomic E-state index is 0.663. The Morgan fingerprint density at radius 1 is 1.58 bits per heavy atom. The molecule has 3 nitrogen and oxygen atoms in total. The Morgan fingerprint density at radius 3 is 3.00 bits per heavy atom. The van der Waals surface area contributed by atoms with E-state index in [4.69, 9.17) is 4.74 Å². The summed E-state index contributed by atoms with van der Waals surface area (Å²) in [5, 5.41) is 0. The summed E-state index contributed by atoms with van der Waals surface area (Å²) in [6.07, 6.45) is 1.60. The topological polar surface area (TPSA) is 25.4 Å². The zero-order valence-electron chi connectivity index (χ0n) is 7.45. The molecule has 0 N–H and O–H groups in total. The van der Waals surface area contributed by atoms with Gasteiger partial charge in [0.15, 0.2) is 0 Å². The normalized spacial score (nSPS) is 10.2. The maximum atomic E-state index is 5.34. The maximum absolute atomic E-state index is 5.34. The van der Waals surface area contributed by atoms with Gasteiger partial charge in [-0.05, 0) is 20.2 Å². The maximum Gasteiger partial charge on any atom is 0.213 e. The fourth-order valence-corrected chi connectivity index (χ4v) is 0.725. The van der Waals surface area contributed by atoms with Crippen molar-refractivity contribution >= 4 is 0 Å². The number of nitrogens with zero attached hydrogens (tertiary/aromatic N) is 2. The van der Waals surface area contributed by atoms with Crippen molar-refractivity contribution in [3.05, 3.63) is 24.4 Å². The molecule has 0 spiro atoms. The highest BCUT2D eigenvalue weighted by atomic mass is 16.5. The molecule has 0 amide bonds. The smallest absolute Gasteiger partial charge is 0.213 e. The summed E-state index contributed by atoms with van der Waals surface area (Å²) in [5.74, 6) is 0.663. The van der Waals surface area contributed by atoms with E-state index in [1.165, 1.54) is 0 Å². The summed E-state index contributed by atoms with van der Waals surface area (Å²) in [7, 11) is 4.02. The van der Waals surface area contributed by atoms with Crippen molar-refractivity contribution in [2.24, 2.45) is 0 Å². The molecule has 12 heavy (non-hydrogen) atoms. The van der Waals surface area contributed by atoms with E-state index in [0.717, 1.165) is 6.54 Å². The molecule has 3 heteroatoms. The van der Waals surface area contributed by atoms with Gasteiger partial charge in [0.25, 0.3) is 0 Å². The van der Waals surface area contributed by atoms with Gasteiger partial charge < -0.3 is 9.64 Å². The van der Waals surface area contributed by atoms with Gasteiger partial charge in [-0.3, -0.25) is 0 Å². The minimum absolute atomic E-state index is 0.663. The van der Waals surface area contributed by atoms with Crippen molar-refractivity contribution in [2.45, 2.75) is 0 Å². The van der Waals surface area contributed by atoms with Gasteiger partial charge >= 0.3 is 0 Å². The lowest BCUT2D eigenvalue weighted by atomic mass is 10.5. The Balaban J connectivity index is 2.25. The summed E-state index contributed by atoms with van der Waals surface area (Å²) < 4.78 is 5.34. The molecule has 1 aromatic rings. The highest BCUT2D eigenvalue weighted by molar-refractivity contribution is 5.08. The third kappa shape index (κ3) is 3.34. The molecule has 65 valence electrons. The molecule has 0 aliphatic carbocycles. The first-order valence-corrected chi connectivity index (χ1v) is 3.88. The number of hydrogen-bond acceptors (Lipinski definition) is 3. The predicted octanol–water partition coefficient (Wildman–Crippen LogP) is 0.822. The Kier molecular flexibility index (Phi) is 3.54. The zero-order chi connectivity index (χ0) is 8.81. The van der Waals surface area contributed by atoms with Crippen LogP contribution in [-0.4, -0.2) is 37.1 Å². The van der Waals surface area contributed by atoms with E-state index in [-0.39, 0.29) is 0 Å². The number of hydrogen-bond donors (Lipinski definition) is 0. The number of likely N-dealkylation sites (N-methyl/N-ethyl adjacent to an activating group) is 1. The Hall–Kier alpha value is -1.09. The molecule has 0 saturated carbocycles. The lowest BCUT2D eigenvalue weighted by molar-refractivity contribution is 0.254. The van der Waals surface area contributed by atoms with Gasteiger partial charge in [0, 0.05) is 24.9 Å². The molecular weight excluding hydrogens is 152 g/mol. The van der Waals surface area contributed by atoms with Crippen molar-refractivity contribution in [3.63, 3.8) is 0 Å². The molecule has 0 fully saturated rings. The van der Waals surface area contributed by atoms with E-state index in [1.54, 1.807) is 18.3 Å². The third-order valence-electron chi connectivity index (χ3n) is 1.38. The van der Waals surface area contributed by atoms with E-state index in [2.05, 4.69) is 16.0 Å². The van der Waals surface area contributed by atoms with Gasteiger partial charge in [0.2, 0.25) is 5.88 Å². The predicted molar refractivity (Wildman–Crippen MR) is 47.1 cm³/mol. The van der Waals surface area contributed by atoms with Crippen molar-refractivity contribution in [2.75, 3.05) is 27.2 Å². The van der Waals surface area contributed by atoms with Crippen LogP contribution in [0.3, 0.4) is 0 Å². The van der Waals surface area contributed by atoms with Gasteiger partial charge in [-0.1, -0.05) is 0 Å². The summed E-state index contributed by atoms with van der Waals surface area (Å²) >= 11 is 0. The highest BCUT2D eigenvalue weighted by Gasteiger charge is 1.93. The molecule has 0 saturated heterocycles. The first kappa shape index (κ1) is 9.00. The van der Waals surface area contributed by atoms with Crippen molar-refractivity contribution in [1.29, 1.82) is 0 Å². The Labute approximate surface area is 73.0 Å². The summed E-state index contributed by atoms with van der Waals surface area (Å²) in [5.41, 5.74) is 0. The monoisotopic (exact) mass is 165 g/mol. The summed E-state index contributed by atoms with van der Waals surface area (Å²) in [6.45, 7) is 1.57. The fraction of sp³-hybridized carbons (Fsp3) is 0.444. The standard InChI is InChI=1S/C9H13N2O/c1-11(2)7-8-12-9-5-3-4-6-10-9/h3,5-6H,7-8H2,1-2H3. The molecule has 1 aromatic heterocycles. The number of rotatable bonds is 4. The molecule has 1 radical (unpaired) electrons. The van der Waals surface area contributed by atoms with Crippen LogP contribution in [0, 0.1) is 6.07 Å². The van der Waals surface area contributed by atoms with E-state index >= 15 is 0 Å².